The third-order valence-corrected chi connectivity index (χ3v) is 4.55. The Balaban J connectivity index is 1.33. The van der Waals surface area contributed by atoms with Crippen LogP contribution in [0.3, 0.4) is 0 Å². The maximum Gasteiger partial charge on any atom is 0.289 e. The minimum absolute atomic E-state index is 0.0702. The normalized spacial score (nSPS) is 15.1. The third kappa shape index (κ3) is 3.85. The van der Waals surface area contributed by atoms with Gasteiger partial charge in [-0.05, 0) is 36.4 Å². The van der Waals surface area contributed by atoms with Gasteiger partial charge < -0.3 is 18.5 Å². The van der Waals surface area contributed by atoms with Crippen molar-refractivity contribution in [1.82, 2.24) is 20.0 Å². The summed E-state index contributed by atoms with van der Waals surface area (Å²) in [5.74, 6) is 2.13. The van der Waals surface area contributed by atoms with Gasteiger partial charge in [0.1, 0.15) is 5.75 Å². The fraction of sp³-hybridized carbons (Fsp3) is 0.316. The number of methoxy groups -OCH3 is 1. The Kier molecular flexibility index (Phi) is 4.88. The van der Waals surface area contributed by atoms with Crippen molar-refractivity contribution in [2.75, 3.05) is 33.3 Å². The van der Waals surface area contributed by atoms with Crippen LogP contribution in [0.25, 0.3) is 11.5 Å². The van der Waals surface area contributed by atoms with Crippen LogP contribution in [0.2, 0.25) is 0 Å². The lowest BCUT2D eigenvalue weighted by Crippen LogP contribution is -2.48. The molecule has 2 aromatic heterocycles. The first-order chi connectivity index (χ1) is 13.2. The van der Waals surface area contributed by atoms with Gasteiger partial charge in [-0.1, -0.05) is 0 Å². The van der Waals surface area contributed by atoms with Gasteiger partial charge >= 0.3 is 0 Å². The number of furan rings is 1. The zero-order chi connectivity index (χ0) is 18.6. The number of ether oxygens (including phenoxy) is 1. The van der Waals surface area contributed by atoms with Crippen LogP contribution in [0, 0.1) is 0 Å². The average Bonchev–Trinajstić information content (AvgIpc) is 3.40. The number of nitrogens with zero attached hydrogens (tertiary/aromatic N) is 4. The maximum absolute atomic E-state index is 12.3. The summed E-state index contributed by atoms with van der Waals surface area (Å²) in [6, 6.07) is 10.9. The molecule has 0 saturated carbocycles. The molecule has 0 radical (unpaired) electrons. The number of carbonyl (C=O) groups is 1. The summed E-state index contributed by atoms with van der Waals surface area (Å²) in [5.41, 5.74) is 0.850. The van der Waals surface area contributed by atoms with Crippen molar-refractivity contribution in [1.29, 1.82) is 0 Å². The topological polar surface area (TPSA) is 84.8 Å². The Hall–Kier alpha value is -3.13. The van der Waals surface area contributed by atoms with Gasteiger partial charge in [0, 0.05) is 31.7 Å². The Bertz CT molecular complexity index is 881. The molecule has 4 rings (SSSR count). The Morgan fingerprint density at radius 1 is 1.11 bits per heavy atom. The van der Waals surface area contributed by atoms with E-state index in [2.05, 4.69) is 15.1 Å². The molecule has 0 aliphatic carbocycles. The second-order valence-electron chi connectivity index (χ2n) is 6.28. The summed E-state index contributed by atoms with van der Waals surface area (Å²) >= 11 is 0. The Morgan fingerprint density at radius 3 is 2.56 bits per heavy atom. The molecule has 1 aliphatic rings. The van der Waals surface area contributed by atoms with Crippen molar-refractivity contribution in [3.05, 3.63) is 54.3 Å². The molecule has 27 heavy (non-hydrogen) atoms. The van der Waals surface area contributed by atoms with Crippen molar-refractivity contribution in [3.8, 4) is 17.2 Å². The van der Waals surface area contributed by atoms with E-state index in [0.717, 1.165) is 24.4 Å². The number of hydrogen-bond donors (Lipinski definition) is 0. The molecular weight excluding hydrogens is 348 g/mol. The smallest absolute Gasteiger partial charge is 0.289 e. The van der Waals surface area contributed by atoms with Crippen LogP contribution in [0.5, 0.6) is 5.75 Å². The minimum atomic E-state index is -0.0702. The van der Waals surface area contributed by atoms with Crippen molar-refractivity contribution in [2.24, 2.45) is 0 Å². The number of carbonyl (C=O) groups excluding carboxylic acids is 1. The monoisotopic (exact) mass is 368 g/mol. The fourth-order valence-corrected chi connectivity index (χ4v) is 3.02. The van der Waals surface area contributed by atoms with E-state index in [9.17, 15) is 4.79 Å². The van der Waals surface area contributed by atoms with Crippen LogP contribution >= 0.6 is 0 Å². The molecule has 3 aromatic rings. The van der Waals surface area contributed by atoms with Crippen LogP contribution in [0.4, 0.5) is 0 Å². The summed E-state index contributed by atoms with van der Waals surface area (Å²) in [5, 5.41) is 8.26. The van der Waals surface area contributed by atoms with Gasteiger partial charge in [-0.3, -0.25) is 9.69 Å². The van der Waals surface area contributed by atoms with Gasteiger partial charge in [-0.25, -0.2) is 0 Å². The summed E-state index contributed by atoms with van der Waals surface area (Å²) in [6.45, 7) is 3.32. The molecule has 0 spiro atoms. The lowest BCUT2D eigenvalue weighted by molar-refractivity contribution is 0.0588. The number of piperazine rings is 1. The number of aromatic nitrogens is 2. The highest BCUT2D eigenvalue weighted by Gasteiger charge is 2.24. The zero-order valence-corrected chi connectivity index (χ0v) is 15.0. The number of amides is 1. The highest BCUT2D eigenvalue weighted by molar-refractivity contribution is 5.91. The average molecular weight is 368 g/mol. The van der Waals surface area contributed by atoms with E-state index in [1.165, 1.54) is 6.26 Å². The SMILES string of the molecule is COc1ccc(-c2nnc(CN3CCN(C(=O)c4ccco4)CC3)o2)cc1. The molecule has 1 amide bonds. The first-order valence-corrected chi connectivity index (χ1v) is 8.75. The van der Waals surface area contributed by atoms with Gasteiger partial charge in [0.15, 0.2) is 5.76 Å². The first kappa shape index (κ1) is 17.3. The second-order valence-corrected chi connectivity index (χ2v) is 6.28. The van der Waals surface area contributed by atoms with Crippen LogP contribution in [-0.4, -0.2) is 59.2 Å². The van der Waals surface area contributed by atoms with Gasteiger partial charge in [0.05, 0.1) is 19.9 Å². The second kappa shape index (κ2) is 7.63. The first-order valence-electron chi connectivity index (χ1n) is 8.75. The van der Waals surface area contributed by atoms with E-state index in [0.29, 0.717) is 37.2 Å². The highest BCUT2D eigenvalue weighted by Crippen LogP contribution is 2.21. The summed E-state index contributed by atoms with van der Waals surface area (Å²) in [7, 11) is 1.63. The van der Waals surface area contributed by atoms with Crippen molar-refractivity contribution < 1.29 is 18.4 Å². The maximum atomic E-state index is 12.3. The lowest BCUT2D eigenvalue weighted by atomic mass is 10.2. The van der Waals surface area contributed by atoms with Gasteiger partial charge in [-0.2, -0.15) is 0 Å². The van der Waals surface area contributed by atoms with Gasteiger partial charge in [-0.15, -0.1) is 10.2 Å². The molecule has 1 saturated heterocycles. The molecule has 8 heteroatoms. The fourth-order valence-electron chi connectivity index (χ4n) is 3.02. The molecule has 1 fully saturated rings. The number of hydrogen-bond acceptors (Lipinski definition) is 7. The van der Waals surface area contributed by atoms with E-state index < -0.39 is 0 Å². The quantitative estimate of drug-likeness (QED) is 0.683. The molecule has 1 aliphatic heterocycles. The van der Waals surface area contributed by atoms with E-state index in [4.69, 9.17) is 13.6 Å². The predicted molar refractivity (Wildman–Crippen MR) is 96.2 cm³/mol. The van der Waals surface area contributed by atoms with E-state index in [1.807, 2.05) is 24.3 Å². The third-order valence-electron chi connectivity index (χ3n) is 4.55. The van der Waals surface area contributed by atoms with Crippen molar-refractivity contribution in [3.63, 3.8) is 0 Å². The van der Waals surface area contributed by atoms with E-state index in [-0.39, 0.29) is 5.91 Å². The Labute approximate surface area is 156 Å². The molecule has 3 heterocycles. The molecule has 0 N–H and O–H groups in total. The number of benzene rings is 1. The molecule has 8 nitrogen and oxygen atoms in total. The van der Waals surface area contributed by atoms with Crippen molar-refractivity contribution >= 4 is 5.91 Å². The van der Waals surface area contributed by atoms with E-state index in [1.54, 1.807) is 24.1 Å². The molecule has 0 bridgehead atoms. The van der Waals surface area contributed by atoms with Crippen LogP contribution in [0.15, 0.2) is 51.5 Å². The number of rotatable bonds is 5. The Morgan fingerprint density at radius 2 is 1.89 bits per heavy atom. The highest BCUT2D eigenvalue weighted by atomic mass is 16.5. The summed E-state index contributed by atoms with van der Waals surface area (Å²) in [6.07, 6.45) is 1.51. The minimum Gasteiger partial charge on any atom is -0.497 e. The van der Waals surface area contributed by atoms with Gasteiger partial charge in [0.2, 0.25) is 11.8 Å². The van der Waals surface area contributed by atoms with Gasteiger partial charge in [0.25, 0.3) is 5.91 Å². The summed E-state index contributed by atoms with van der Waals surface area (Å²) in [4.78, 5) is 16.3. The molecule has 0 unspecified atom stereocenters. The van der Waals surface area contributed by atoms with Crippen LogP contribution in [-0.2, 0) is 6.54 Å². The molecule has 1 aromatic carbocycles. The predicted octanol–water partition coefficient (Wildman–Crippen LogP) is 2.30. The van der Waals surface area contributed by atoms with Crippen LogP contribution in [0.1, 0.15) is 16.4 Å². The van der Waals surface area contributed by atoms with Crippen molar-refractivity contribution in [2.45, 2.75) is 6.54 Å². The lowest BCUT2D eigenvalue weighted by Gasteiger charge is -2.33. The van der Waals surface area contributed by atoms with E-state index >= 15 is 0 Å². The standard InChI is InChI=1S/C19H20N4O4/c1-25-15-6-4-14(5-7-15)18-21-20-17(27-18)13-22-8-10-23(11-9-22)19(24)16-3-2-12-26-16/h2-7,12H,8-11,13H2,1H3. The zero-order valence-electron chi connectivity index (χ0n) is 15.0. The molecule has 0 atom stereocenters. The molecular formula is C19H20N4O4. The molecule has 140 valence electrons. The largest absolute Gasteiger partial charge is 0.497 e. The summed E-state index contributed by atoms with van der Waals surface area (Å²) < 4.78 is 16.1. The van der Waals surface area contributed by atoms with Crippen LogP contribution < -0.4 is 4.74 Å².